The molecule has 1 aliphatic heterocycles. The topological polar surface area (TPSA) is 154 Å². The van der Waals surface area contributed by atoms with Crippen LogP contribution in [0.2, 0.25) is 0 Å². The average Bonchev–Trinajstić information content (AvgIpc) is 2.95. The van der Waals surface area contributed by atoms with Gasteiger partial charge in [-0.15, -0.1) is 0 Å². The molecule has 1 aromatic carbocycles. The normalized spacial score (nSPS) is 15.7. The fourth-order valence-corrected chi connectivity index (χ4v) is 5.79. The number of benzene rings is 1. The van der Waals surface area contributed by atoms with E-state index in [0.717, 1.165) is 25.7 Å². The van der Waals surface area contributed by atoms with Gasteiger partial charge >= 0.3 is 5.97 Å². The van der Waals surface area contributed by atoms with Crippen molar-refractivity contribution in [3.63, 3.8) is 0 Å². The number of nitrogens with zero attached hydrogens (tertiary/aromatic N) is 1. The summed E-state index contributed by atoms with van der Waals surface area (Å²) >= 11 is 0. The number of carbonyl (C=O) groups is 3. The molecular weight excluding hydrogens is 536 g/mol. The van der Waals surface area contributed by atoms with Gasteiger partial charge in [-0.25, -0.2) is 4.72 Å². The number of unbranched alkanes of at least 4 members (excludes halogenated alkanes) is 6. The molecular formula is C28H46N4O7S. The SMILES string of the molecule is CCCCCCCCC[C@@H](CC(=O)O)C(=O)N[C@@H](C(=O)NCCCNS(=O)(=O)N1CCOCC1)c1ccccc1. The maximum Gasteiger partial charge on any atom is 0.304 e. The molecule has 2 atom stereocenters. The van der Waals surface area contributed by atoms with Crippen LogP contribution in [0.15, 0.2) is 30.3 Å². The van der Waals surface area contributed by atoms with Crippen molar-refractivity contribution in [2.24, 2.45) is 5.92 Å². The largest absolute Gasteiger partial charge is 0.481 e. The number of carbonyl (C=O) groups excluding carboxylic acids is 2. The molecule has 40 heavy (non-hydrogen) atoms. The number of morpholine rings is 1. The molecule has 226 valence electrons. The Labute approximate surface area is 238 Å². The molecule has 2 rings (SSSR count). The first-order chi connectivity index (χ1) is 19.2. The molecule has 0 aromatic heterocycles. The lowest BCUT2D eigenvalue weighted by molar-refractivity contribution is -0.141. The van der Waals surface area contributed by atoms with Gasteiger partial charge in [0.15, 0.2) is 0 Å². The molecule has 0 aliphatic carbocycles. The van der Waals surface area contributed by atoms with Crippen LogP contribution < -0.4 is 15.4 Å². The van der Waals surface area contributed by atoms with Crippen LogP contribution in [0.1, 0.15) is 82.7 Å². The lowest BCUT2D eigenvalue weighted by Crippen LogP contribution is -2.47. The molecule has 0 spiro atoms. The zero-order valence-electron chi connectivity index (χ0n) is 23.6. The smallest absolute Gasteiger partial charge is 0.304 e. The van der Waals surface area contributed by atoms with E-state index in [4.69, 9.17) is 4.74 Å². The van der Waals surface area contributed by atoms with Gasteiger partial charge in [0.2, 0.25) is 11.8 Å². The van der Waals surface area contributed by atoms with Gasteiger partial charge in [-0.2, -0.15) is 12.7 Å². The van der Waals surface area contributed by atoms with E-state index in [9.17, 15) is 27.9 Å². The third-order valence-corrected chi connectivity index (χ3v) is 8.49. The summed E-state index contributed by atoms with van der Waals surface area (Å²) in [5.74, 6) is -2.69. The highest BCUT2D eigenvalue weighted by Crippen LogP contribution is 2.19. The molecule has 1 aliphatic rings. The fourth-order valence-electron chi connectivity index (χ4n) is 4.57. The van der Waals surface area contributed by atoms with Crippen LogP contribution in [0.4, 0.5) is 0 Å². The van der Waals surface area contributed by atoms with Gasteiger partial charge in [-0.05, 0) is 18.4 Å². The number of carboxylic acids is 1. The number of aliphatic carboxylic acids is 1. The van der Waals surface area contributed by atoms with E-state index < -0.39 is 40.0 Å². The highest BCUT2D eigenvalue weighted by atomic mass is 32.2. The van der Waals surface area contributed by atoms with Gasteiger partial charge in [0.1, 0.15) is 6.04 Å². The van der Waals surface area contributed by atoms with Gasteiger partial charge in [0, 0.05) is 32.1 Å². The molecule has 1 fully saturated rings. The molecule has 2 amide bonds. The molecule has 4 N–H and O–H groups in total. The van der Waals surface area contributed by atoms with Gasteiger partial charge in [-0.3, -0.25) is 14.4 Å². The fraction of sp³-hybridized carbons (Fsp3) is 0.679. The van der Waals surface area contributed by atoms with E-state index in [-0.39, 0.29) is 19.5 Å². The van der Waals surface area contributed by atoms with E-state index in [0.29, 0.717) is 44.7 Å². The first-order valence-electron chi connectivity index (χ1n) is 14.4. The third-order valence-electron chi connectivity index (χ3n) is 6.88. The molecule has 11 nitrogen and oxygen atoms in total. The Balaban J connectivity index is 1.90. The van der Waals surface area contributed by atoms with Crippen molar-refractivity contribution in [3.05, 3.63) is 35.9 Å². The Hall–Kier alpha value is -2.54. The first kappa shape index (κ1) is 33.7. The van der Waals surface area contributed by atoms with Gasteiger partial charge in [-0.1, -0.05) is 82.2 Å². The first-order valence-corrected chi connectivity index (χ1v) is 15.9. The number of carboxylic acid groups (broad SMARTS) is 1. The number of rotatable bonds is 20. The summed E-state index contributed by atoms with van der Waals surface area (Å²) in [6.07, 6.45) is 7.93. The Morgan fingerprint density at radius 2 is 1.57 bits per heavy atom. The van der Waals surface area contributed by atoms with E-state index in [2.05, 4.69) is 22.3 Å². The van der Waals surface area contributed by atoms with Crippen LogP contribution >= 0.6 is 0 Å². The predicted octanol–water partition coefficient (Wildman–Crippen LogP) is 2.75. The second-order valence-electron chi connectivity index (χ2n) is 10.1. The van der Waals surface area contributed by atoms with E-state index in [1.54, 1.807) is 30.3 Å². The monoisotopic (exact) mass is 582 g/mol. The number of ether oxygens (including phenoxy) is 1. The van der Waals surface area contributed by atoms with Crippen molar-refractivity contribution in [1.29, 1.82) is 0 Å². The number of hydrogen-bond acceptors (Lipinski definition) is 6. The lowest BCUT2D eigenvalue weighted by atomic mass is 9.95. The number of nitrogens with one attached hydrogen (secondary N) is 3. The lowest BCUT2D eigenvalue weighted by Gasteiger charge is -2.26. The minimum absolute atomic E-state index is 0.140. The summed E-state index contributed by atoms with van der Waals surface area (Å²) in [5.41, 5.74) is 0.575. The minimum atomic E-state index is -3.61. The van der Waals surface area contributed by atoms with Crippen LogP contribution in [-0.2, 0) is 29.3 Å². The van der Waals surface area contributed by atoms with Crippen molar-refractivity contribution in [2.75, 3.05) is 39.4 Å². The summed E-state index contributed by atoms with van der Waals surface area (Å²) in [4.78, 5) is 37.7. The zero-order chi connectivity index (χ0) is 29.2. The summed E-state index contributed by atoms with van der Waals surface area (Å²) in [7, 11) is -3.61. The Morgan fingerprint density at radius 1 is 0.925 bits per heavy atom. The summed E-state index contributed by atoms with van der Waals surface area (Å²) < 4.78 is 33.8. The number of hydrogen-bond donors (Lipinski definition) is 4. The summed E-state index contributed by atoms with van der Waals surface area (Å²) in [6, 6.07) is 7.77. The Morgan fingerprint density at radius 3 is 2.23 bits per heavy atom. The van der Waals surface area contributed by atoms with Crippen molar-refractivity contribution >= 4 is 28.0 Å². The van der Waals surface area contributed by atoms with Crippen LogP contribution in [0, 0.1) is 5.92 Å². The van der Waals surface area contributed by atoms with Crippen molar-refractivity contribution < 1.29 is 32.6 Å². The summed E-state index contributed by atoms with van der Waals surface area (Å²) in [6.45, 7) is 3.81. The third kappa shape index (κ3) is 12.8. The van der Waals surface area contributed by atoms with Gasteiger partial charge < -0.3 is 20.5 Å². The maximum atomic E-state index is 13.2. The maximum absolute atomic E-state index is 13.2. The Bertz CT molecular complexity index is 1000. The molecule has 1 aromatic rings. The molecule has 0 bridgehead atoms. The quantitative estimate of drug-likeness (QED) is 0.172. The average molecular weight is 583 g/mol. The van der Waals surface area contributed by atoms with Gasteiger partial charge in [0.25, 0.3) is 10.2 Å². The van der Waals surface area contributed by atoms with E-state index >= 15 is 0 Å². The molecule has 12 heteroatoms. The van der Waals surface area contributed by atoms with Crippen molar-refractivity contribution in [1.82, 2.24) is 19.7 Å². The van der Waals surface area contributed by atoms with Crippen LogP contribution in [0.5, 0.6) is 0 Å². The van der Waals surface area contributed by atoms with E-state index in [1.807, 2.05) is 0 Å². The molecule has 0 unspecified atom stereocenters. The van der Waals surface area contributed by atoms with Crippen LogP contribution in [0.3, 0.4) is 0 Å². The standard InChI is InChI=1S/C28H46N4O7S/c1-2-3-4-5-6-7-9-15-24(22-25(33)34)27(35)31-26(23-13-10-8-11-14-23)28(36)29-16-12-17-30-40(37,38)32-18-20-39-21-19-32/h8,10-11,13-14,24,26,30H,2-7,9,12,15-22H2,1H3,(H,29,36)(H,31,35)(H,33,34)/t24-,26+/m0/s1. The van der Waals surface area contributed by atoms with Crippen molar-refractivity contribution in [2.45, 2.75) is 77.2 Å². The molecule has 0 radical (unpaired) electrons. The summed E-state index contributed by atoms with van der Waals surface area (Å²) in [5, 5.41) is 14.9. The highest BCUT2D eigenvalue weighted by Gasteiger charge is 2.28. The second kappa shape index (κ2) is 18.7. The zero-order valence-corrected chi connectivity index (χ0v) is 24.4. The predicted molar refractivity (Wildman–Crippen MR) is 153 cm³/mol. The van der Waals surface area contributed by atoms with Gasteiger partial charge in [0.05, 0.1) is 19.6 Å². The minimum Gasteiger partial charge on any atom is -0.481 e. The highest BCUT2D eigenvalue weighted by molar-refractivity contribution is 7.87. The van der Waals surface area contributed by atoms with Crippen molar-refractivity contribution in [3.8, 4) is 0 Å². The van der Waals surface area contributed by atoms with E-state index in [1.165, 1.54) is 23.6 Å². The number of amides is 2. The van der Waals surface area contributed by atoms with Crippen LogP contribution in [-0.4, -0.2) is 75.0 Å². The van der Waals surface area contributed by atoms with Crippen LogP contribution in [0.25, 0.3) is 0 Å². The molecule has 1 saturated heterocycles. The Kier molecular flexibility index (Phi) is 15.8. The second-order valence-corrected chi connectivity index (χ2v) is 11.9. The molecule has 0 saturated carbocycles. The molecule has 1 heterocycles.